The maximum Gasteiger partial charge on any atom is 0.224 e. The summed E-state index contributed by atoms with van der Waals surface area (Å²) in [7, 11) is 0. The summed E-state index contributed by atoms with van der Waals surface area (Å²) in [6.07, 6.45) is 4.64. The van der Waals surface area contributed by atoms with Gasteiger partial charge >= 0.3 is 0 Å². The molecule has 0 unspecified atom stereocenters. The second kappa shape index (κ2) is 7.08. The third kappa shape index (κ3) is 4.32. The fraction of sp³-hybridized carbons (Fsp3) is 0.471. The van der Waals surface area contributed by atoms with Crippen LogP contribution in [0, 0.1) is 16.7 Å². The van der Waals surface area contributed by atoms with E-state index in [1.54, 1.807) is 24.3 Å². The fourth-order valence-electron chi connectivity index (χ4n) is 3.20. The Bertz CT molecular complexity index is 581. The Morgan fingerprint density at radius 2 is 1.77 bits per heavy atom. The number of nitrogens with one attached hydrogen (secondary N) is 1. The van der Waals surface area contributed by atoms with Crippen LogP contribution in [0.4, 0.5) is 5.69 Å². The third-order valence-corrected chi connectivity index (χ3v) is 4.27. The van der Waals surface area contributed by atoms with Crippen LogP contribution >= 0.6 is 0 Å². The minimum Gasteiger partial charge on any atom is -0.550 e. The molecule has 0 spiro atoms. The molecule has 116 valence electrons. The first-order chi connectivity index (χ1) is 10.5. The number of hydrogen-bond acceptors (Lipinski definition) is 4. The SMILES string of the molecule is N#Cc1ccc(NC(=O)CC2(CC(=O)[O-])CCCCC2)cc1. The van der Waals surface area contributed by atoms with Gasteiger partial charge in [-0.25, -0.2) is 0 Å². The summed E-state index contributed by atoms with van der Waals surface area (Å²) in [4.78, 5) is 23.2. The van der Waals surface area contributed by atoms with Crippen molar-refractivity contribution in [3.63, 3.8) is 0 Å². The van der Waals surface area contributed by atoms with Gasteiger partial charge in [-0.2, -0.15) is 5.26 Å². The number of benzene rings is 1. The maximum atomic E-state index is 12.2. The first-order valence-corrected chi connectivity index (χ1v) is 7.53. The Hall–Kier alpha value is -2.35. The highest BCUT2D eigenvalue weighted by Crippen LogP contribution is 2.42. The molecule has 0 radical (unpaired) electrons. The molecule has 2 rings (SSSR count). The number of rotatable bonds is 5. The van der Waals surface area contributed by atoms with Crippen LogP contribution in [-0.2, 0) is 9.59 Å². The van der Waals surface area contributed by atoms with Crippen molar-refractivity contribution in [3.05, 3.63) is 29.8 Å². The van der Waals surface area contributed by atoms with Gasteiger partial charge in [-0.1, -0.05) is 19.3 Å². The first kappa shape index (κ1) is 16.0. The van der Waals surface area contributed by atoms with Crippen molar-refractivity contribution in [2.45, 2.75) is 44.9 Å². The van der Waals surface area contributed by atoms with Gasteiger partial charge in [0.25, 0.3) is 0 Å². The Morgan fingerprint density at radius 1 is 1.14 bits per heavy atom. The number of aliphatic carboxylic acids is 1. The molecule has 5 nitrogen and oxygen atoms in total. The van der Waals surface area contributed by atoms with E-state index >= 15 is 0 Å². The molecular weight excluding hydrogens is 280 g/mol. The highest BCUT2D eigenvalue weighted by atomic mass is 16.4. The van der Waals surface area contributed by atoms with Gasteiger partial charge < -0.3 is 15.2 Å². The number of nitriles is 1. The average Bonchev–Trinajstić information content (AvgIpc) is 2.47. The summed E-state index contributed by atoms with van der Waals surface area (Å²) in [5.41, 5.74) is 0.662. The van der Waals surface area contributed by atoms with Crippen LogP contribution in [0.15, 0.2) is 24.3 Å². The molecule has 0 heterocycles. The Morgan fingerprint density at radius 3 is 2.32 bits per heavy atom. The quantitative estimate of drug-likeness (QED) is 0.899. The molecular formula is C17H19N2O3-. The smallest absolute Gasteiger partial charge is 0.224 e. The molecule has 0 aromatic heterocycles. The zero-order chi connectivity index (χ0) is 16.0. The highest BCUT2D eigenvalue weighted by Gasteiger charge is 2.34. The summed E-state index contributed by atoms with van der Waals surface area (Å²) >= 11 is 0. The van der Waals surface area contributed by atoms with Crippen molar-refractivity contribution in [2.24, 2.45) is 5.41 Å². The topological polar surface area (TPSA) is 93.0 Å². The van der Waals surface area contributed by atoms with Crippen LogP contribution < -0.4 is 10.4 Å². The molecule has 1 fully saturated rings. The number of hydrogen-bond donors (Lipinski definition) is 1. The van der Waals surface area contributed by atoms with Crippen LogP contribution in [0.2, 0.25) is 0 Å². The molecule has 22 heavy (non-hydrogen) atoms. The number of carboxylic acids is 1. The number of nitrogens with zero attached hydrogens (tertiary/aromatic N) is 1. The fourth-order valence-corrected chi connectivity index (χ4v) is 3.20. The van der Waals surface area contributed by atoms with Crippen molar-refractivity contribution >= 4 is 17.6 Å². The van der Waals surface area contributed by atoms with E-state index in [0.717, 1.165) is 32.1 Å². The van der Waals surface area contributed by atoms with Crippen molar-refractivity contribution in [1.29, 1.82) is 5.26 Å². The van der Waals surface area contributed by atoms with E-state index in [4.69, 9.17) is 5.26 Å². The van der Waals surface area contributed by atoms with Crippen LogP contribution in [0.1, 0.15) is 50.5 Å². The lowest BCUT2D eigenvalue weighted by molar-refractivity contribution is -0.308. The zero-order valence-electron chi connectivity index (χ0n) is 12.4. The maximum absolute atomic E-state index is 12.2. The van der Waals surface area contributed by atoms with Crippen LogP contribution in [0.3, 0.4) is 0 Å². The third-order valence-electron chi connectivity index (χ3n) is 4.27. The molecule has 0 atom stereocenters. The van der Waals surface area contributed by atoms with Gasteiger partial charge in [-0.05, 0) is 48.9 Å². The number of carbonyl (C=O) groups excluding carboxylic acids is 2. The Kier molecular flexibility index (Phi) is 5.16. The van der Waals surface area contributed by atoms with E-state index in [9.17, 15) is 14.7 Å². The molecule has 1 aromatic carbocycles. The lowest BCUT2D eigenvalue weighted by Crippen LogP contribution is -2.36. The molecule has 0 aliphatic heterocycles. The average molecular weight is 299 g/mol. The van der Waals surface area contributed by atoms with E-state index < -0.39 is 11.4 Å². The molecule has 5 heteroatoms. The number of amides is 1. The van der Waals surface area contributed by atoms with Crippen molar-refractivity contribution in [1.82, 2.24) is 0 Å². The number of carbonyl (C=O) groups is 2. The van der Waals surface area contributed by atoms with Gasteiger partial charge in [-0.3, -0.25) is 4.79 Å². The summed E-state index contributed by atoms with van der Waals surface area (Å²) in [6.45, 7) is 0. The molecule has 1 aliphatic carbocycles. The van der Waals surface area contributed by atoms with Crippen LogP contribution in [0.25, 0.3) is 0 Å². The van der Waals surface area contributed by atoms with Gasteiger partial charge in [0.1, 0.15) is 0 Å². The summed E-state index contributed by atoms with van der Waals surface area (Å²) in [5.74, 6) is -1.28. The zero-order valence-corrected chi connectivity index (χ0v) is 12.4. The molecule has 1 aromatic rings. The predicted octanol–water partition coefficient (Wildman–Crippen LogP) is 1.98. The Labute approximate surface area is 129 Å². The summed E-state index contributed by atoms with van der Waals surface area (Å²) in [6, 6.07) is 8.62. The largest absolute Gasteiger partial charge is 0.550 e. The van der Waals surface area contributed by atoms with Crippen molar-refractivity contribution in [3.8, 4) is 6.07 Å². The van der Waals surface area contributed by atoms with Gasteiger partial charge in [0.15, 0.2) is 0 Å². The second-order valence-electron chi connectivity index (χ2n) is 6.02. The first-order valence-electron chi connectivity index (χ1n) is 7.53. The van der Waals surface area contributed by atoms with Gasteiger partial charge in [-0.15, -0.1) is 0 Å². The molecule has 0 saturated heterocycles. The highest BCUT2D eigenvalue weighted by molar-refractivity contribution is 5.91. The lowest BCUT2D eigenvalue weighted by Gasteiger charge is -2.37. The molecule has 1 N–H and O–H groups in total. The standard InChI is InChI=1S/C17H20N2O3/c18-12-13-4-6-14(7-5-13)19-15(20)10-17(11-16(21)22)8-2-1-3-9-17/h4-7H,1-3,8-11H2,(H,19,20)(H,21,22)/p-1. The monoisotopic (exact) mass is 299 g/mol. The lowest BCUT2D eigenvalue weighted by atomic mass is 9.69. The van der Waals surface area contributed by atoms with E-state index in [-0.39, 0.29) is 18.7 Å². The molecule has 1 aliphatic rings. The van der Waals surface area contributed by atoms with Gasteiger partial charge in [0, 0.05) is 18.1 Å². The van der Waals surface area contributed by atoms with Gasteiger partial charge in [0.2, 0.25) is 5.91 Å². The second-order valence-corrected chi connectivity index (χ2v) is 6.02. The minimum absolute atomic E-state index is 0.0617. The van der Waals surface area contributed by atoms with Crippen LogP contribution in [0.5, 0.6) is 0 Å². The number of anilines is 1. The summed E-state index contributed by atoms with van der Waals surface area (Å²) < 4.78 is 0. The Balaban J connectivity index is 2.01. The molecule has 1 saturated carbocycles. The predicted molar refractivity (Wildman–Crippen MR) is 79.5 cm³/mol. The van der Waals surface area contributed by atoms with Gasteiger partial charge in [0.05, 0.1) is 11.6 Å². The van der Waals surface area contributed by atoms with Crippen molar-refractivity contribution < 1.29 is 14.7 Å². The molecule has 0 bridgehead atoms. The normalized spacial score (nSPS) is 16.5. The number of carboxylic acid groups (broad SMARTS) is 1. The van der Waals surface area contributed by atoms with E-state index in [1.807, 2.05) is 6.07 Å². The summed E-state index contributed by atoms with van der Waals surface area (Å²) in [5, 5.41) is 22.5. The van der Waals surface area contributed by atoms with E-state index in [1.165, 1.54) is 0 Å². The molecule has 1 amide bonds. The van der Waals surface area contributed by atoms with E-state index in [2.05, 4.69) is 5.32 Å². The van der Waals surface area contributed by atoms with E-state index in [0.29, 0.717) is 11.3 Å². The van der Waals surface area contributed by atoms with Crippen molar-refractivity contribution in [2.75, 3.05) is 5.32 Å². The minimum atomic E-state index is -1.09. The van der Waals surface area contributed by atoms with Crippen LogP contribution in [-0.4, -0.2) is 11.9 Å².